The molecule has 0 aliphatic carbocycles. The molecular weight excluding hydrogens is 485 g/mol. The van der Waals surface area contributed by atoms with E-state index in [2.05, 4.69) is 30.3 Å². The molecule has 4 heterocycles. The zero-order chi connectivity index (χ0) is 25.9. The molecule has 1 aliphatic heterocycles. The number of nitrogens with one attached hydrogen (secondary N) is 1. The van der Waals surface area contributed by atoms with Gasteiger partial charge in [-0.15, -0.1) is 5.10 Å². The number of halogens is 1. The average molecular weight is 512 g/mol. The number of anilines is 3. The summed E-state index contributed by atoms with van der Waals surface area (Å²) in [5.41, 5.74) is 6.49. The van der Waals surface area contributed by atoms with Crippen molar-refractivity contribution in [3.63, 3.8) is 0 Å². The van der Waals surface area contributed by atoms with Gasteiger partial charge in [-0.2, -0.15) is 19.5 Å². The van der Waals surface area contributed by atoms with E-state index in [4.69, 9.17) is 20.0 Å². The molecule has 1 fully saturated rings. The first kappa shape index (κ1) is 24.2. The van der Waals surface area contributed by atoms with Crippen LogP contribution in [0.25, 0.3) is 17.4 Å². The number of furan rings is 1. The molecule has 1 unspecified atom stereocenters. The Labute approximate surface area is 210 Å². The lowest BCUT2D eigenvalue weighted by Gasteiger charge is -2.36. The Morgan fingerprint density at radius 3 is 2.76 bits per heavy atom. The summed E-state index contributed by atoms with van der Waals surface area (Å²) >= 11 is 0. The van der Waals surface area contributed by atoms with E-state index < -0.39 is 17.9 Å². The van der Waals surface area contributed by atoms with Gasteiger partial charge in [0.15, 0.2) is 11.9 Å². The monoisotopic (exact) mass is 511 g/mol. The molecule has 4 N–H and O–H groups in total. The first-order valence-corrected chi connectivity index (χ1v) is 11.7. The van der Waals surface area contributed by atoms with Crippen LogP contribution >= 0.6 is 0 Å². The molecule has 0 saturated carbocycles. The van der Waals surface area contributed by atoms with Gasteiger partial charge in [0.1, 0.15) is 11.6 Å². The minimum absolute atomic E-state index is 0.155. The third-order valence-electron chi connectivity index (χ3n) is 5.98. The van der Waals surface area contributed by atoms with Crippen LogP contribution in [0, 0.1) is 5.82 Å². The van der Waals surface area contributed by atoms with E-state index in [1.807, 2.05) is 4.90 Å². The molecule has 1 aromatic carbocycles. The van der Waals surface area contributed by atoms with Crippen LogP contribution in [0.3, 0.4) is 0 Å². The Morgan fingerprint density at radius 1 is 1.24 bits per heavy atom. The Kier molecular flexibility index (Phi) is 6.72. The summed E-state index contributed by atoms with van der Waals surface area (Å²) in [5.74, 6) is 0.328. The minimum Gasteiger partial charge on any atom is -0.479 e. The standard InChI is InChI=1S/C23H26FN9O4/c1-14(20(34)35)37-15-4-5-17(16(24)13-15)32-10-8-31(9-11-32)7-6-26-22-28-21(25)33-23(29-22)27-19(30-33)18-3-2-12-36-18/h2-5,12-14H,6-11H2,1H3,(H,34,35)(H3,25,26,27,28,29,30). The predicted octanol–water partition coefficient (Wildman–Crippen LogP) is 1.59. The van der Waals surface area contributed by atoms with Gasteiger partial charge in [-0.1, -0.05) is 0 Å². The molecule has 14 heteroatoms. The van der Waals surface area contributed by atoms with Crippen molar-refractivity contribution in [1.82, 2.24) is 29.5 Å². The lowest BCUT2D eigenvalue weighted by Crippen LogP contribution is -2.48. The van der Waals surface area contributed by atoms with Crippen molar-refractivity contribution in [2.24, 2.45) is 0 Å². The smallest absolute Gasteiger partial charge is 0.344 e. The van der Waals surface area contributed by atoms with Gasteiger partial charge in [-0.25, -0.2) is 9.18 Å². The number of fused-ring (bicyclic) bond motifs is 1. The van der Waals surface area contributed by atoms with E-state index >= 15 is 0 Å². The van der Waals surface area contributed by atoms with Crippen LogP contribution in [0.4, 0.5) is 22.0 Å². The Bertz CT molecular complexity index is 1390. The van der Waals surface area contributed by atoms with Gasteiger partial charge in [0.25, 0.3) is 5.78 Å². The summed E-state index contributed by atoms with van der Waals surface area (Å²) < 4.78 is 26.6. The molecule has 4 aromatic rings. The molecule has 0 amide bonds. The van der Waals surface area contributed by atoms with E-state index in [1.165, 1.54) is 23.8 Å². The average Bonchev–Trinajstić information content (AvgIpc) is 3.55. The molecule has 5 rings (SSSR count). The fraction of sp³-hybridized carbons (Fsp3) is 0.348. The molecule has 1 aliphatic rings. The van der Waals surface area contributed by atoms with Crippen LogP contribution in [0.2, 0.25) is 0 Å². The fourth-order valence-electron chi connectivity index (χ4n) is 4.00. The predicted molar refractivity (Wildman–Crippen MR) is 132 cm³/mol. The quantitative estimate of drug-likeness (QED) is 0.298. The number of nitrogen functional groups attached to an aromatic ring is 1. The van der Waals surface area contributed by atoms with Crippen LogP contribution in [-0.4, -0.2) is 85.9 Å². The van der Waals surface area contributed by atoms with E-state index in [0.29, 0.717) is 48.6 Å². The van der Waals surface area contributed by atoms with Crippen molar-refractivity contribution in [2.75, 3.05) is 55.2 Å². The van der Waals surface area contributed by atoms with Crippen molar-refractivity contribution < 1.29 is 23.4 Å². The zero-order valence-corrected chi connectivity index (χ0v) is 20.0. The number of ether oxygens (including phenoxy) is 1. The number of carbonyl (C=O) groups is 1. The van der Waals surface area contributed by atoms with Gasteiger partial charge in [0.2, 0.25) is 17.7 Å². The number of nitrogens with two attached hydrogens (primary N) is 1. The number of aliphatic carboxylic acids is 1. The lowest BCUT2D eigenvalue weighted by atomic mass is 10.2. The molecule has 0 radical (unpaired) electrons. The number of hydrogen-bond donors (Lipinski definition) is 3. The van der Waals surface area contributed by atoms with Gasteiger partial charge < -0.3 is 30.2 Å². The number of aromatic nitrogens is 5. The maximum absolute atomic E-state index is 14.7. The van der Waals surface area contributed by atoms with Gasteiger partial charge >= 0.3 is 5.97 Å². The molecule has 1 saturated heterocycles. The summed E-state index contributed by atoms with van der Waals surface area (Å²) in [5, 5.41) is 16.4. The largest absolute Gasteiger partial charge is 0.479 e. The van der Waals surface area contributed by atoms with E-state index in [1.54, 1.807) is 24.3 Å². The topological polar surface area (TPSA) is 160 Å². The van der Waals surface area contributed by atoms with E-state index in [-0.39, 0.29) is 11.7 Å². The van der Waals surface area contributed by atoms with Crippen LogP contribution in [-0.2, 0) is 4.79 Å². The molecule has 3 aromatic heterocycles. The molecule has 37 heavy (non-hydrogen) atoms. The van der Waals surface area contributed by atoms with Crippen LogP contribution in [0.1, 0.15) is 6.92 Å². The number of rotatable bonds is 9. The van der Waals surface area contributed by atoms with Gasteiger partial charge in [-0.05, 0) is 31.2 Å². The van der Waals surface area contributed by atoms with E-state index in [0.717, 1.165) is 19.6 Å². The number of carboxylic acid groups (broad SMARTS) is 1. The Hall–Kier alpha value is -4.46. The van der Waals surface area contributed by atoms with Crippen molar-refractivity contribution in [1.29, 1.82) is 0 Å². The minimum atomic E-state index is -1.11. The van der Waals surface area contributed by atoms with Crippen molar-refractivity contribution >= 4 is 29.3 Å². The molecule has 0 bridgehead atoms. The van der Waals surface area contributed by atoms with Crippen LogP contribution < -0.4 is 20.7 Å². The molecule has 1 atom stereocenters. The zero-order valence-electron chi connectivity index (χ0n) is 20.0. The second-order valence-electron chi connectivity index (χ2n) is 8.50. The summed E-state index contributed by atoms with van der Waals surface area (Å²) in [7, 11) is 0. The van der Waals surface area contributed by atoms with Crippen molar-refractivity contribution in [3.05, 3.63) is 42.4 Å². The molecule has 13 nitrogen and oxygen atoms in total. The van der Waals surface area contributed by atoms with Crippen LogP contribution in [0.15, 0.2) is 41.0 Å². The highest BCUT2D eigenvalue weighted by atomic mass is 19.1. The summed E-state index contributed by atoms with van der Waals surface area (Å²) in [6, 6.07) is 7.92. The fourth-order valence-corrected chi connectivity index (χ4v) is 4.00. The number of nitrogens with zero attached hydrogens (tertiary/aromatic N) is 7. The van der Waals surface area contributed by atoms with E-state index in [9.17, 15) is 9.18 Å². The van der Waals surface area contributed by atoms with Gasteiger partial charge in [0, 0.05) is 45.3 Å². The number of hydrogen-bond acceptors (Lipinski definition) is 11. The lowest BCUT2D eigenvalue weighted by molar-refractivity contribution is -0.144. The Balaban J connectivity index is 1.12. The summed E-state index contributed by atoms with van der Waals surface area (Å²) in [6.07, 6.45) is 0.483. The normalized spacial score (nSPS) is 15.1. The second kappa shape index (κ2) is 10.3. The number of piperazine rings is 1. The Morgan fingerprint density at radius 2 is 2.05 bits per heavy atom. The van der Waals surface area contributed by atoms with Crippen LogP contribution in [0.5, 0.6) is 5.75 Å². The first-order valence-electron chi connectivity index (χ1n) is 11.7. The summed E-state index contributed by atoms with van der Waals surface area (Å²) in [6.45, 7) is 5.49. The number of benzene rings is 1. The highest BCUT2D eigenvalue weighted by molar-refractivity contribution is 5.72. The third-order valence-corrected chi connectivity index (χ3v) is 5.98. The number of carboxylic acids is 1. The molecule has 0 spiro atoms. The first-order chi connectivity index (χ1) is 17.9. The summed E-state index contributed by atoms with van der Waals surface area (Å²) in [4.78, 5) is 28.1. The maximum atomic E-state index is 14.7. The van der Waals surface area contributed by atoms with Gasteiger partial charge in [0.05, 0.1) is 12.0 Å². The SMILES string of the molecule is CC(Oc1ccc(N2CCN(CCNc3nc(N)n4nc(-c5ccco5)nc4n3)CC2)c(F)c1)C(=O)O. The maximum Gasteiger partial charge on any atom is 0.344 e. The highest BCUT2D eigenvalue weighted by Crippen LogP contribution is 2.26. The molecule has 194 valence electrons. The van der Waals surface area contributed by atoms with Gasteiger partial charge in [-0.3, -0.25) is 4.90 Å². The van der Waals surface area contributed by atoms with Crippen molar-refractivity contribution in [3.8, 4) is 17.3 Å². The third kappa shape index (κ3) is 5.38. The molecular formula is C23H26FN9O4. The highest BCUT2D eigenvalue weighted by Gasteiger charge is 2.21. The second-order valence-corrected chi connectivity index (χ2v) is 8.50. The van der Waals surface area contributed by atoms with Crippen molar-refractivity contribution in [2.45, 2.75) is 13.0 Å².